The van der Waals surface area contributed by atoms with Gasteiger partial charge in [0.15, 0.2) is 0 Å². The highest BCUT2D eigenvalue weighted by Gasteiger charge is 2.11. The zero-order valence-corrected chi connectivity index (χ0v) is 9.49. The number of hydrogen-bond donors (Lipinski definition) is 0. The van der Waals surface area contributed by atoms with Crippen molar-refractivity contribution in [2.45, 2.75) is 0 Å². The van der Waals surface area contributed by atoms with E-state index >= 15 is 0 Å². The highest BCUT2D eigenvalue weighted by Crippen LogP contribution is 2.23. The van der Waals surface area contributed by atoms with Crippen LogP contribution in [0.15, 0.2) is 60.8 Å². The van der Waals surface area contributed by atoms with Gasteiger partial charge in [0.05, 0.1) is 17.6 Å². The number of nitrogens with zero attached hydrogens (tertiary/aromatic N) is 3. The molecular formula is C14H10FN3. The number of aromatic nitrogens is 3. The van der Waals surface area contributed by atoms with Crippen LogP contribution in [0.5, 0.6) is 0 Å². The summed E-state index contributed by atoms with van der Waals surface area (Å²) in [5, 5.41) is 7.87. The Hall–Kier alpha value is -2.49. The summed E-state index contributed by atoms with van der Waals surface area (Å²) in [6.45, 7) is 0. The molecule has 0 amide bonds. The molecular weight excluding hydrogens is 229 g/mol. The normalized spacial score (nSPS) is 10.5. The topological polar surface area (TPSA) is 30.7 Å². The third kappa shape index (κ3) is 1.78. The van der Waals surface area contributed by atoms with Crippen molar-refractivity contribution in [2.24, 2.45) is 0 Å². The van der Waals surface area contributed by atoms with E-state index in [4.69, 9.17) is 0 Å². The summed E-state index contributed by atoms with van der Waals surface area (Å²) in [6.07, 6.45) is 1.56. The van der Waals surface area contributed by atoms with Crippen molar-refractivity contribution in [1.29, 1.82) is 0 Å². The van der Waals surface area contributed by atoms with Crippen LogP contribution in [0.4, 0.5) is 4.39 Å². The van der Waals surface area contributed by atoms with E-state index in [1.807, 2.05) is 30.3 Å². The molecule has 0 N–H and O–H groups in total. The molecule has 0 fully saturated rings. The van der Waals surface area contributed by atoms with Gasteiger partial charge in [-0.25, -0.2) is 9.07 Å². The first-order valence-electron chi connectivity index (χ1n) is 5.57. The van der Waals surface area contributed by atoms with Crippen LogP contribution in [0.25, 0.3) is 16.9 Å². The van der Waals surface area contributed by atoms with Crippen LogP contribution in [-0.2, 0) is 0 Å². The molecule has 0 spiro atoms. The molecule has 1 heterocycles. The quantitative estimate of drug-likeness (QED) is 0.688. The Morgan fingerprint density at radius 2 is 1.61 bits per heavy atom. The van der Waals surface area contributed by atoms with Gasteiger partial charge in [0.2, 0.25) is 0 Å². The molecule has 2 aromatic carbocycles. The highest BCUT2D eigenvalue weighted by atomic mass is 19.1. The van der Waals surface area contributed by atoms with Crippen LogP contribution < -0.4 is 0 Å². The van der Waals surface area contributed by atoms with Gasteiger partial charge in [-0.2, -0.15) is 0 Å². The number of halogens is 1. The molecule has 3 aromatic rings. The third-order valence-electron chi connectivity index (χ3n) is 2.70. The molecule has 0 saturated heterocycles. The Morgan fingerprint density at radius 3 is 2.39 bits per heavy atom. The summed E-state index contributed by atoms with van der Waals surface area (Å²) in [7, 11) is 0. The Kier molecular flexibility index (Phi) is 2.61. The van der Waals surface area contributed by atoms with Crippen molar-refractivity contribution in [3.8, 4) is 16.9 Å². The first-order chi connectivity index (χ1) is 8.86. The van der Waals surface area contributed by atoms with E-state index < -0.39 is 0 Å². The second kappa shape index (κ2) is 4.41. The number of para-hydroxylation sites is 1. The summed E-state index contributed by atoms with van der Waals surface area (Å²) in [5.41, 5.74) is 1.99. The Bertz CT molecular complexity index is 662. The van der Waals surface area contributed by atoms with Gasteiger partial charge >= 0.3 is 0 Å². The Morgan fingerprint density at radius 1 is 0.889 bits per heavy atom. The zero-order chi connectivity index (χ0) is 12.4. The second-order valence-corrected chi connectivity index (χ2v) is 3.85. The summed E-state index contributed by atoms with van der Waals surface area (Å²) in [5.74, 6) is -0.281. The Labute approximate surface area is 104 Å². The van der Waals surface area contributed by atoms with Crippen LogP contribution in [0.1, 0.15) is 0 Å². The lowest BCUT2D eigenvalue weighted by Gasteiger charge is -2.06. The fourth-order valence-electron chi connectivity index (χ4n) is 1.85. The molecule has 0 aliphatic heterocycles. The van der Waals surface area contributed by atoms with Gasteiger partial charge < -0.3 is 0 Å². The van der Waals surface area contributed by atoms with Gasteiger partial charge in [-0.3, -0.25) is 0 Å². The first-order valence-corrected chi connectivity index (χ1v) is 5.57. The minimum absolute atomic E-state index is 0.281. The van der Waals surface area contributed by atoms with Crippen molar-refractivity contribution in [3.05, 3.63) is 66.6 Å². The van der Waals surface area contributed by atoms with E-state index in [-0.39, 0.29) is 5.82 Å². The maximum atomic E-state index is 13.8. The van der Waals surface area contributed by atoms with Gasteiger partial charge in [0.25, 0.3) is 0 Å². The van der Waals surface area contributed by atoms with Crippen LogP contribution in [0, 0.1) is 5.82 Å². The van der Waals surface area contributed by atoms with Crippen LogP contribution >= 0.6 is 0 Å². The van der Waals surface area contributed by atoms with Crippen LogP contribution in [-0.4, -0.2) is 15.0 Å². The standard InChI is InChI=1S/C14H10FN3/c15-13-9-5-4-8-12(13)14-10-16-17-18(14)11-6-2-1-3-7-11/h1-10H. The fourth-order valence-corrected chi connectivity index (χ4v) is 1.85. The lowest BCUT2D eigenvalue weighted by molar-refractivity contribution is 0.629. The van der Waals surface area contributed by atoms with Gasteiger partial charge in [0, 0.05) is 5.56 Å². The van der Waals surface area contributed by atoms with Crippen molar-refractivity contribution in [3.63, 3.8) is 0 Å². The van der Waals surface area contributed by atoms with Crippen LogP contribution in [0.3, 0.4) is 0 Å². The smallest absolute Gasteiger partial charge is 0.132 e. The van der Waals surface area contributed by atoms with Gasteiger partial charge in [-0.05, 0) is 24.3 Å². The Balaban J connectivity index is 2.16. The number of benzene rings is 2. The van der Waals surface area contributed by atoms with E-state index in [1.165, 1.54) is 6.07 Å². The summed E-state index contributed by atoms with van der Waals surface area (Å²) in [6, 6.07) is 16.1. The molecule has 1 aromatic heterocycles. The summed E-state index contributed by atoms with van der Waals surface area (Å²) in [4.78, 5) is 0. The van der Waals surface area contributed by atoms with Gasteiger partial charge in [-0.15, -0.1) is 5.10 Å². The minimum Gasteiger partial charge on any atom is -0.213 e. The number of rotatable bonds is 2. The predicted molar refractivity (Wildman–Crippen MR) is 66.8 cm³/mol. The lowest BCUT2D eigenvalue weighted by Crippen LogP contribution is -1.99. The average molecular weight is 239 g/mol. The van der Waals surface area contributed by atoms with Crippen molar-refractivity contribution >= 4 is 0 Å². The molecule has 88 valence electrons. The molecule has 0 aliphatic carbocycles. The van der Waals surface area contributed by atoms with Crippen molar-refractivity contribution < 1.29 is 4.39 Å². The van der Waals surface area contributed by atoms with E-state index in [9.17, 15) is 4.39 Å². The lowest BCUT2D eigenvalue weighted by atomic mass is 10.1. The van der Waals surface area contributed by atoms with Crippen molar-refractivity contribution in [1.82, 2.24) is 15.0 Å². The SMILES string of the molecule is Fc1ccccc1-c1cnnn1-c1ccccc1. The minimum atomic E-state index is -0.281. The second-order valence-electron chi connectivity index (χ2n) is 3.85. The van der Waals surface area contributed by atoms with Gasteiger partial charge in [0.1, 0.15) is 5.82 Å². The van der Waals surface area contributed by atoms with E-state index in [1.54, 1.807) is 29.1 Å². The fraction of sp³-hybridized carbons (Fsp3) is 0. The zero-order valence-electron chi connectivity index (χ0n) is 9.49. The summed E-state index contributed by atoms with van der Waals surface area (Å²) < 4.78 is 15.4. The third-order valence-corrected chi connectivity index (χ3v) is 2.70. The maximum absolute atomic E-state index is 13.8. The molecule has 0 saturated carbocycles. The molecule has 0 radical (unpaired) electrons. The monoisotopic (exact) mass is 239 g/mol. The molecule has 0 bridgehead atoms. The molecule has 0 aliphatic rings. The molecule has 3 rings (SSSR count). The molecule has 3 nitrogen and oxygen atoms in total. The van der Waals surface area contributed by atoms with Gasteiger partial charge in [-0.1, -0.05) is 35.5 Å². The summed E-state index contributed by atoms with van der Waals surface area (Å²) >= 11 is 0. The molecule has 0 atom stereocenters. The maximum Gasteiger partial charge on any atom is 0.132 e. The van der Waals surface area contributed by atoms with E-state index in [0.717, 1.165) is 5.69 Å². The van der Waals surface area contributed by atoms with E-state index in [2.05, 4.69) is 10.3 Å². The highest BCUT2D eigenvalue weighted by molar-refractivity contribution is 5.61. The largest absolute Gasteiger partial charge is 0.213 e. The molecule has 0 unspecified atom stereocenters. The predicted octanol–water partition coefficient (Wildman–Crippen LogP) is 3.07. The molecule has 4 heteroatoms. The molecule has 18 heavy (non-hydrogen) atoms. The number of hydrogen-bond acceptors (Lipinski definition) is 2. The van der Waals surface area contributed by atoms with Crippen LogP contribution in [0.2, 0.25) is 0 Å². The van der Waals surface area contributed by atoms with E-state index in [0.29, 0.717) is 11.3 Å². The van der Waals surface area contributed by atoms with Crippen molar-refractivity contribution in [2.75, 3.05) is 0 Å². The first kappa shape index (κ1) is 10.7. The average Bonchev–Trinajstić information content (AvgIpc) is 2.89.